The number of carbonyl (C=O) groups excluding carboxylic acids is 1. The zero-order chi connectivity index (χ0) is 15.1. The largest absolute Gasteiger partial charge is 0.477 e. The molecular formula is C16H14ClNO3. The lowest BCUT2D eigenvalue weighted by atomic mass is 9.81. The standard InChI is InChI=1S/C16H14ClNO3/c1-8-14-12(18-15(8)16(20)21)6-10(7-13(14)19)9-2-4-11(17)5-3-9/h2-5,10,18H,6-7H2,1H3,(H,20,21)/t10-/m1/s1. The van der Waals surface area contributed by atoms with Crippen LogP contribution in [-0.2, 0) is 6.42 Å². The number of aromatic amines is 1. The summed E-state index contributed by atoms with van der Waals surface area (Å²) in [6, 6.07) is 7.44. The number of ketones is 1. The highest BCUT2D eigenvalue weighted by Gasteiger charge is 2.31. The lowest BCUT2D eigenvalue weighted by Gasteiger charge is -2.22. The first-order valence-corrected chi connectivity index (χ1v) is 7.08. The number of rotatable bonds is 2. The number of nitrogens with one attached hydrogen (secondary N) is 1. The zero-order valence-electron chi connectivity index (χ0n) is 11.4. The van der Waals surface area contributed by atoms with Gasteiger partial charge < -0.3 is 10.1 Å². The molecule has 2 aromatic rings. The van der Waals surface area contributed by atoms with Gasteiger partial charge in [0.1, 0.15) is 5.69 Å². The molecule has 2 N–H and O–H groups in total. The number of carbonyl (C=O) groups is 2. The number of Topliss-reactive ketones (excluding diaryl/α,β-unsaturated/α-hetero) is 1. The van der Waals surface area contributed by atoms with Gasteiger partial charge in [0, 0.05) is 22.7 Å². The highest BCUT2D eigenvalue weighted by atomic mass is 35.5. The maximum absolute atomic E-state index is 12.4. The van der Waals surface area contributed by atoms with E-state index in [1.165, 1.54) is 0 Å². The third kappa shape index (κ3) is 2.36. The summed E-state index contributed by atoms with van der Waals surface area (Å²) in [7, 11) is 0. The summed E-state index contributed by atoms with van der Waals surface area (Å²) >= 11 is 5.88. The van der Waals surface area contributed by atoms with Crippen LogP contribution in [0, 0.1) is 6.92 Å². The average Bonchev–Trinajstić information content (AvgIpc) is 2.77. The van der Waals surface area contributed by atoms with E-state index in [2.05, 4.69) is 4.98 Å². The smallest absolute Gasteiger partial charge is 0.352 e. The highest BCUT2D eigenvalue weighted by Crippen LogP contribution is 2.35. The molecule has 21 heavy (non-hydrogen) atoms. The van der Waals surface area contributed by atoms with Crippen LogP contribution in [0.3, 0.4) is 0 Å². The summed E-state index contributed by atoms with van der Waals surface area (Å²) in [6.45, 7) is 1.68. The Hall–Kier alpha value is -2.07. The molecule has 1 aromatic heterocycles. The van der Waals surface area contributed by atoms with Crippen molar-refractivity contribution in [1.82, 2.24) is 4.98 Å². The number of H-pyrrole nitrogens is 1. The summed E-state index contributed by atoms with van der Waals surface area (Å²) in [5.41, 5.74) is 2.98. The molecular weight excluding hydrogens is 290 g/mol. The van der Waals surface area contributed by atoms with E-state index in [0.29, 0.717) is 29.0 Å². The van der Waals surface area contributed by atoms with Crippen LogP contribution in [0.4, 0.5) is 0 Å². The van der Waals surface area contributed by atoms with Crippen molar-refractivity contribution in [1.29, 1.82) is 0 Å². The SMILES string of the molecule is Cc1c(C(=O)O)[nH]c2c1C(=O)C[C@H](c1ccc(Cl)cc1)C2. The molecule has 0 aliphatic heterocycles. The Kier molecular flexibility index (Phi) is 3.33. The number of hydrogen-bond acceptors (Lipinski definition) is 2. The summed E-state index contributed by atoms with van der Waals surface area (Å²) in [5.74, 6) is -0.975. The predicted octanol–water partition coefficient (Wildman–Crippen LogP) is 3.59. The molecule has 108 valence electrons. The number of hydrogen-bond donors (Lipinski definition) is 2. The van der Waals surface area contributed by atoms with Gasteiger partial charge in [0.15, 0.2) is 5.78 Å². The van der Waals surface area contributed by atoms with E-state index in [1.807, 2.05) is 12.1 Å². The fourth-order valence-corrected chi connectivity index (χ4v) is 3.14. The summed E-state index contributed by atoms with van der Waals surface area (Å²) in [4.78, 5) is 26.4. The van der Waals surface area contributed by atoms with Crippen LogP contribution >= 0.6 is 11.6 Å². The topological polar surface area (TPSA) is 70.2 Å². The van der Waals surface area contributed by atoms with Crippen molar-refractivity contribution >= 4 is 23.4 Å². The molecule has 1 aliphatic carbocycles. The highest BCUT2D eigenvalue weighted by molar-refractivity contribution is 6.30. The van der Waals surface area contributed by atoms with Crippen LogP contribution in [0.25, 0.3) is 0 Å². The predicted molar refractivity (Wildman–Crippen MR) is 79.3 cm³/mol. The van der Waals surface area contributed by atoms with Crippen molar-refractivity contribution in [3.8, 4) is 0 Å². The summed E-state index contributed by atoms with van der Waals surface area (Å²) in [5, 5.41) is 9.82. The molecule has 3 rings (SSSR count). The van der Waals surface area contributed by atoms with E-state index in [9.17, 15) is 9.59 Å². The van der Waals surface area contributed by atoms with E-state index in [-0.39, 0.29) is 17.4 Å². The molecule has 1 atom stereocenters. The summed E-state index contributed by atoms with van der Waals surface area (Å²) < 4.78 is 0. The molecule has 1 aromatic carbocycles. The van der Waals surface area contributed by atoms with E-state index in [4.69, 9.17) is 16.7 Å². The first kappa shape index (κ1) is 13.9. The van der Waals surface area contributed by atoms with Crippen molar-refractivity contribution in [3.05, 3.63) is 57.4 Å². The Morgan fingerprint density at radius 2 is 1.95 bits per heavy atom. The summed E-state index contributed by atoms with van der Waals surface area (Å²) in [6.07, 6.45) is 1.03. The monoisotopic (exact) mass is 303 g/mol. The van der Waals surface area contributed by atoms with Crippen molar-refractivity contribution in [3.63, 3.8) is 0 Å². The van der Waals surface area contributed by atoms with E-state index < -0.39 is 5.97 Å². The number of aromatic carboxylic acids is 1. The molecule has 1 aliphatic rings. The van der Waals surface area contributed by atoms with Crippen LogP contribution in [-0.4, -0.2) is 21.8 Å². The van der Waals surface area contributed by atoms with Gasteiger partial charge in [-0.15, -0.1) is 0 Å². The molecule has 0 fully saturated rings. The van der Waals surface area contributed by atoms with Crippen molar-refractivity contribution in [2.45, 2.75) is 25.7 Å². The van der Waals surface area contributed by atoms with Crippen molar-refractivity contribution in [2.75, 3.05) is 0 Å². The molecule has 0 saturated heterocycles. The number of benzene rings is 1. The quantitative estimate of drug-likeness (QED) is 0.890. The number of fused-ring (bicyclic) bond motifs is 1. The molecule has 0 amide bonds. The Balaban J connectivity index is 1.99. The second-order valence-electron chi connectivity index (χ2n) is 5.36. The Morgan fingerprint density at radius 1 is 1.29 bits per heavy atom. The molecule has 0 bridgehead atoms. The molecule has 5 heteroatoms. The van der Waals surface area contributed by atoms with Gasteiger partial charge in [-0.25, -0.2) is 4.79 Å². The molecule has 4 nitrogen and oxygen atoms in total. The Morgan fingerprint density at radius 3 is 2.57 bits per heavy atom. The second-order valence-corrected chi connectivity index (χ2v) is 5.80. The van der Waals surface area contributed by atoms with Gasteiger partial charge >= 0.3 is 5.97 Å². The number of carboxylic acids is 1. The van der Waals surface area contributed by atoms with Gasteiger partial charge in [0.25, 0.3) is 0 Å². The fourth-order valence-electron chi connectivity index (χ4n) is 3.02. The van der Waals surface area contributed by atoms with Gasteiger partial charge in [0.2, 0.25) is 0 Å². The van der Waals surface area contributed by atoms with Gasteiger partial charge in [0.05, 0.1) is 0 Å². The van der Waals surface area contributed by atoms with Crippen LogP contribution < -0.4 is 0 Å². The normalized spacial score (nSPS) is 17.6. The number of aromatic nitrogens is 1. The van der Waals surface area contributed by atoms with Gasteiger partial charge in [-0.2, -0.15) is 0 Å². The molecule has 1 heterocycles. The van der Waals surface area contributed by atoms with E-state index in [0.717, 1.165) is 11.3 Å². The maximum Gasteiger partial charge on any atom is 0.352 e. The molecule has 0 radical (unpaired) electrons. The van der Waals surface area contributed by atoms with Gasteiger partial charge in [-0.3, -0.25) is 4.79 Å². The fraction of sp³-hybridized carbons (Fsp3) is 0.250. The average molecular weight is 304 g/mol. The Labute approximate surface area is 126 Å². The Bertz CT molecular complexity index is 731. The minimum Gasteiger partial charge on any atom is -0.477 e. The van der Waals surface area contributed by atoms with Crippen molar-refractivity contribution < 1.29 is 14.7 Å². The van der Waals surface area contributed by atoms with Crippen LogP contribution in [0.15, 0.2) is 24.3 Å². The number of carboxylic acid groups (broad SMARTS) is 1. The van der Waals surface area contributed by atoms with Crippen molar-refractivity contribution in [2.24, 2.45) is 0 Å². The van der Waals surface area contributed by atoms with Crippen LogP contribution in [0.1, 0.15) is 50.0 Å². The van der Waals surface area contributed by atoms with Gasteiger partial charge in [-0.05, 0) is 42.5 Å². The van der Waals surface area contributed by atoms with Crippen LogP contribution in [0.2, 0.25) is 5.02 Å². The third-order valence-corrected chi connectivity index (χ3v) is 4.30. The zero-order valence-corrected chi connectivity index (χ0v) is 12.2. The third-order valence-electron chi connectivity index (χ3n) is 4.04. The number of halogens is 1. The van der Waals surface area contributed by atoms with E-state index in [1.54, 1.807) is 19.1 Å². The minimum atomic E-state index is -1.03. The lowest BCUT2D eigenvalue weighted by molar-refractivity contribution is 0.0690. The lowest BCUT2D eigenvalue weighted by Crippen LogP contribution is -2.18. The molecule has 0 spiro atoms. The first-order chi connectivity index (χ1) is 9.97. The maximum atomic E-state index is 12.4. The first-order valence-electron chi connectivity index (χ1n) is 6.70. The van der Waals surface area contributed by atoms with E-state index >= 15 is 0 Å². The minimum absolute atomic E-state index is 0.00236. The second kappa shape index (κ2) is 5.04. The molecule has 0 unspecified atom stereocenters. The van der Waals surface area contributed by atoms with Gasteiger partial charge in [-0.1, -0.05) is 23.7 Å². The molecule has 0 saturated carbocycles. The van der Waals surface area contributed by atoms with Crippen LogP contribution in [0.5, 0.6) is 0 Å².